The van der Waals surface area contributed by atoms with Gasteiger partial charge in [-0.15, -0.1) is 6.58 Å². The molecule has 1 aromatic carbocycles. The lowest BCUT2D eigenvalue weighted by molar-refractivity contribution is -0.137. The Morgan fingerprint density at radius 1 is 1.42 bits per heavy atom. The van der Waals surface area contributed by atoms with Gasteiger partial charge in [0, 0.05) is 0 Å². The number of rotatable bonds is 3. The summed E-state index contributed by atoms with van der Waals surface area (Å²) < 4.78 is 0. The summed E-state index contributed by atoms with van der Waals surface area (Å²) in [7, 11) is 0. The molecule has 2 heteroatoms. The van der Waals surface area contributed by atoms with E-state index in [1.54, 1.807) is 12.1 Å². The number of carboxylic acids is 1. The monoisotopic (exact) mass is 162 g/mol. The molecule has 0 amide bonds. The lowest BCUT2D eigenvalue weighted by Gasteiger charge is -2.05. The van der Waals surface area contributed by atoms with Gasteiger partial charge in [0.05, 0.1) is 5.92 Å². The van der Waals surface area contributed by atoms with Crippen molar-refractivity contribution < 1.29 is 9.90 Å². The van der Waals surface area contributed by atoms with Crippen molar-refractivity contribution in [2.45, 2.75) is 5.92 Å². The first-order chi connectivity index (χ1) is 5.75. The number of hydrogen-bond donors (Lipinski definition) is 1. The average molecular weight is 162 g/mol. The first-order valence-electron chi connectivity index (χ1n) is 3.66. The molecule has 12 heavy (non-hydrogen) atoms. The smallest absolute Gasteiger partial charge is 0.314 e. The quantitative estimate of drug-likeness (QED) is 0.690. The topological polar surface area (TPSA) is 37.3 Å². The van der Waals surface area contributed by atoms with Gasteiger partial charge in [0.1, 0.15) is 0 Å². The molecule has 0 saturated heterocycles. The van der Waals surface area contributed by atoms with Crippen LogP contribution in [0.3, 0.4) is 0 Å². The highest BCUT2D eigenvalue weighted by Gasteiger charge is 2.14. The maximum absolute atomic E-state index is 10.7. The fraction of sp³-hybridized carbons (Fsp3) is 0.100. The van der Waals surface area contributed by atoms with Crippen LogP contribution in [-0.2, 0) is 4.79 Å². The second-order valence-corrected chi connectivity index (χ2v) is 2.46. The first-order valence-corrected chi connectivity index (χ1v) is 3.66. The number of carboxylic acid groups (broad SMARTS) is 1. The highest BCUT2D eigenvalue weighted by molar-refractivity contribution is 5.78. The molecular formula is C10H10O2. The minimum absolute atomic E-state index is 0.591. The second-order valence-electron chi connectivity index (χ2n) is 2.46. The zero-order valence-electron chi connectivity index (χ0n) is 6.60. The van der Waals surface area contributed by atoms with Crippen LogP contribution in [0.25, 0.3) is 0 Å². The van der Waals surface area contributed by atoms with E-state index in [1.807, 2.05) is 18.2 Å². The first kappa shape index (κ1) is 8.53. The van der Waals surface area contributed by atoms with Gasteiger partial charge in [0.25, 0.3) is 0 Å². The van der Waals surface area contributed by atoms with Gasteiger partial charge in [-0.25, -0.2) is 0 Å². The summed E-state index contributed by atoms with van der Waals surface area (Å²) in [5, 5.41) is 8.76. The van der Waals surface area contributed by atoms with Gasteiger partial charge in [0.2, 0.25) is 0 Å². The molecule has 1 N–H and O–H groups in total. The Morgan fingerprint density at radius 2 is 2.00 bits per heavy atom. The van der Waals surface area contributed by atoms with E-state index >= 15 is 0 Å². The van der Waals surface area contributed by atoms with Crippen LogP contribution < -0.4 is 0 Å². The standard InChI is InChI=1S/C10H10O2/c1-2-9(10(11)12)8-6-4-3-5-7-8/h2-7,9H,1H2,(H,11,12)/t9-/m1/s1. The molecule has 0 unspecified atom stereocenters. The minimum Gasteiger partial charge on any atom is -0.481 e. The van der Waals surface area contributed by atoms with E-state index in [9.17, 15) is 4.79 Å². The van der Waals surface area contributed by atoms with E-state index in [0.29, 0.717) is 0 Å². The summed E-state index contributed by atoms with van der Waals surface area (Å²) in [6.07, 6.45) is 1.43. The van der Waals surface area contributed by atoms with Gasteiger partial charge in [-0.05, 0) is 5.56 Å². The van der Waals surface area contributed by atoms with Gasteiger partial charge >= 0.3 is 5.97 Å². The van der Waals surface area contributed by atoms with Crippen molar-refractivity contribution >= 4 is 5.97 Å². The molecule has 0 aliphatic heterocycles. The van der Waals surface area contributed by atoms with E-state index in [2.05, 4.69) is 6.58 Å². The Kier molecular flexibility index (Phi) is 2.64. The zero-order chi connectivity index (χ0) is 8.97. The molecule has 2 nitrogen and oxygen atoms in total. The molecule has 1 atom stereocenters. The molecule has 1 aromatic rings. The summed E-state index contributed by atoms with van der Waals surface area (Å²) in [6.45, 7) is 3.48. The van der Waals surface area contributed by atoms with Crippen LogP contribution in [0.4, 0.5) is 0 Å². The molecule has 0 spiro atoms. The lowest BCUT2D eigenvalue weighted by Crippen LogP contribution is -2.07. The molecule has 0 aromatic heterocycles. The van der Waals surface area contributed by atoms with E-state index in [1.165, 1.54) is 6.08 Å². The van der Waals surface area contributed by atoms with Crippen LogP contribution in [-0.4, -0.2) is 11.1 Å². The molecule has 0 fully saturated rings. The molecule has 1 rings (SSSR count). The highest BCUT2D eigenvalue weighted by Crippen LogP contribution is 2.15. The van der Waals surface area contributed by atoms with Crippen molar-refractivity contribution in [2.24, 2.45) is 0 Å². The van der Waals surface area contributed by atoms with Gasteiger partial charge in [-0.1, -0.05) is 36.4 Å². The molecule has 0 aliphatic rings. The second kappa shape index (κ2) is 3.72. The number of carbonyl (C=O) groups is 1. The Labute approximate surface area is 71.2 Å². The van der Waals surface area contributed by atoms with Crippen molar-refractivity contribution in [3.05, 3.63) is 48.6 Å². The number of benzene rings is 1. The third kappa shape index (κ3) is 1.72. The maximum Gasteiger partial charge on any atom is 0.314 e. The molecule has 0 aliphatic carbocycles. The van der Waals surface area contributed by atoms with E-state index in [4.69, 9.17) is 5.11 Å². The Hall–Kier alpha value is -1.57. The van der Waals surface area contributed by atoms with Crippen LogP contribution in [0.15, 0.2) is 43.0 Å². The summed E-state index contributed by atoms with van der Waals surface area (Å²) >= 11 is 0. The third-order valence-corrected chi connectivity index (χ3v) is 1.66. The molecular weight excluding hydrogens is 152 g/mol. The Morgan fingerprint density at radius 3 is 2.42 bits per heavy atom. The van der Waals surface area contributed by atoms with Crippen molar-refractivity contribution in [1.29, 1.82) is 0 Å². The Bertz CT molecular complexity index is 277. The largest absolute Gasteiger partial charge is 0.481 e. The van der Waals surface area contributed by atoms with Crippen molar-refractivity contribution in [3.8, 4) is 0 Å². The SMILES string of the molecule is C=C[C@@H](C(=O)O)c1ccccc1. The number of hydrogen-bond acceptors (Lipinski definition) is 1. The van der Waals surface area contributed by atoms with Crippen LogP contribution >= 0.6 is 0 Å². The predicted molar refractivity (Wildman–Crippen MR) is 47.0 cm³/mol. The van der Waals surface area contributed by atoms with E-state index < -0.39 is 11.9 Å². The van der Waals surface area contributed by atoms with Gasteiger partial charge in [0.15, 0.2) is 0 Å². The highest BCUT2D eigenvalue weighted by atomic mass is 16.4. The summed E-state index contributed by atoms with van der Waals surface area (Å²) in [6, 6.07) is 9.04. The van der Waals surface area contributed by atoms with Crippen molar-refractivity contribution in [2.75, 3.05) is 0 Å². The number of aliphatic carboxylic acids is 1. The normalized spacial score (nSPS) is 12.0. The third-order valence-electron chi connectivity index (χ3n) is 1.66. The zero-order valence-corrected chi connectivity index (χ0v) is 6.60. The van der Waals surface area contributed by atoms with Crippen LogP contribution in [0.2, 0.25) is 0 Å². The van der Waals surface area contributed by atoms with E-state index in [-0.39, 0.29) is 0 Å². The van der Waals surface area contributed by atoms with Crippen LogP contribution in [0.5, 0.6) is 0 Å². The Balaban J connectivity index is 2.95. The molecule has 0 bridgehead atoms. The molecule has 62 valence electrons. The molecule has 0 heterocycles. The summed E-state index contributed by atoms with van der Waals surface area (Å²) in [4.78, 5) is 10.7. The molecule has 0 saturated carbocycles. The predicted octanol–water partition coefficient (Wildman–Crippen LogP) is 2.04. The van der Waals surface area contributed by atoms with Gasteiger partial charge in [-0.2, -0.15) is 0 Å². The molecule has 0 radical (unpaired) electrons. The summed E-state index contributed by atoms with van der Waals surface area (Å²) in [5.74, 6) is -1.46. The fourth-order valence-electron chi connectivity index (χ4n) is 1.04. The lowest BCUT2D eigenvalue weighted by atomic mass is 10.00. The van der Waals surface area contributed by atoms with Crippen molar-refractivity contribution in [1.82, 2.24) is 0 Å². The van der Waals surface area contributed by atoms with Gasteiger partial charge in [-0.3, -0.25) is 4.79 Å². The fourth-order valence-corrected chi connectivity index (χ4v) is 1.04. The van der Waals surface area contributed by atoms with Gasteiger partial charge < -0.3 is 5.11 Å². The average Bonchev–Trinajstić information content (AvgIpc) is 2.07. The maximum atomic E-state index is 10.7. The van der Waals surface area contributed by atoms with Crippen LogP contribution in [0.1, 0.15) is 11.5 Å². The minimum atomic E-state index is -0.865. The summed E-state index contributed by atoms with van der Waals surface area (Å²) in [5.41, 5.74) is 0.764. The van der Waals surface area contributed by atoms with E-state index in [0.717, 1.165) is 5.56 Å². The van der Waals surface area contributed by atoms with Crippen molar-refractivity contribution in [3.63, 3.8) is 0 Å². The van der Waals surface area contributed by atoms with Crippen LogP contribution in [0, 0.1) is 0 Å².